The van der Waals surface area contributed by atoms with E-state index in [-0.39, 0.29) is 24.1 Å². The van der Waals surface area contributed by atoms with Gasteiger partial charge in [0.1, 0.15) is 5.82 Å². The van der Waals surface area contributed by atoms with Crippen LogP contribution in [0.4, 0.5) is 4.39 Å². The second-order valence-electron chi connectivity index (χ2n) is 6.04. The molecule has 4 nitrogen and oxygen atoms in total. The molecule has 0 bridgehead atoms. The van der Waals surface area contributed by atoms with E-state index < -0.39 is 0 Å². The minimum Gasteiger partial charge on any atom is -0.354 e. The normalized spacial score (nSPS) is 10.4. The number of carbonyl (C=O) groups excluding carboxylic acids is 2. The zero-order chi connectivity index (χ0) is 18.9. The second kappa shape index (κ2) is 9.92. The molecule has 0 atom stereocenters. The van der Waals surface area contributed by atoms with E-state index in [1.807, 2.05) is 24.3 Å². The van der Waals surface area contributed by atoms with E-state index in [4.69, 9.17) is 11.6 Å². The molecule has 26 heavy (non-hydrogen) atoms. The maximum Gasteiger partial charge on any atom is 0.224 e. The van der Waals surface area contributed by atoms with Crippen LogP contribution >= 0.6 is 11.6 Å². The molecule has 0 aliphatic heterocycles. The molecule has 138 valence electrons. The molecule has 0 spiro atoms. The summed E-state index contributed by atoms with van der Waals surface area (Å²) in [4.78, 5) is 25.4. The van der Waals surface area contributed by atoms with Crippen molar-refractivity contribution in [1.82, 2.24) is 10.2 Å². The van der Waals surface area contributed by atoms with Crippen LogP contribution in [0.1, 0.15) is 18.1 Å². The van der Waals surface area contributed by atoms with Gasteiger partial charge < -0.3 is 10.2 Å². The van der Waals surface area contributed by atoms with Crippen LogP contribution in [0.15, 0.2) is 48.5 Å². The topological polar surface area (TPSA) is 49.4 Å². The number of halogens is 2. The molecule has 0 heterocycles. The van der Waals surface area contributed by atoms with Gasteiger partial charge in [-0.05, 0) is 41.8 Å². The maximum atomic E-state index is 12.9. The van der Waals surface area contributed by atoms with E-state index in [9.17, 15) is 14.0 Å². The summed E-state index contributed by atoms with van der Waals surface area (Å²) in [5.74, 6) is -0.517. The van der Waals surface area contributed by atoms with Gasteiger partial charge in [-0.25, -0.2) is 4.39 Å². The number of amides is 2. The summed E-state index contributed by atoms with van der Waals surface area (Å²) in [5.41, 5.74) is 1.84. The van der Waals surface area contributed by atoms with E-state index in [2.05, 4.69) is 5.32 Å². The van der Waals surface area contributed by atoms with Crippen molar-refractivity contribution in [2.45, 2.75) is 19.8 Å². The van der Waals surface area contributed by atoms with E-state index in [1.54, 1.807) is 17.0 Å². The Morgan fingerprint density at radius 2 is 1.62 bits per heavy atom. The lowest BCUT2D eigenvalue weighted by Crippen LogP contribution is -2.39. The zero-order valence-corrected chi connectivity index (χ0v) is 15.4. The van der Waals surface area contributed by atoms with Gasteiger partial charge in [0.15, 0.2) is 0 Å². The van der Waals surface area contributed by atoms with Crippen LogP contribution in [0.3, 0.4) is 0 Å². The molecule has 0 saturated heterocycles. The van der Waals surface area contributed by atoms with Gasteiger partial charge in [0.05, 0.1) is 6.42 Å². The van der Waals surface area contributed by atoms with E-state index in [0.29, 0.717) is 24.7 Å². The largest absolute Gasteiger partial charge is 0.354 e. The third-order valence-electron chi connectivity index (χ3n) is 4.01. The summed E-state index contributed by atoms with van der Waals surface area (Å²) in [5, 5.41) is 3.47. The van der Waals surface area contributed by atoms with Crippen LogP contribution in [0.2, 0.25) is 5.02 Å². The summed E-state index contributed by atoms with van der Waals surface area (Å²) in [6.07, 6.45) is 0.908. The van der Waals surface area contributed by atoms with Crippen molar-refractivity contribution < 1.29 is 14.0 Å². The number of nitrogens with zero attached hydrogens (tertiary/aromatic N) is 1. The Balaban J connectivity index is 1.75. The highest BCUT2D eigenvalue weighted by Gasteiger charge is 2.10. The standard InChI is InChI=1S/C20H22ClFN2O2/c1-15(25)24(12-10-16-2-6-18(21)7-3-16)13-11-23-20(26)14-17-4-8-19(22)9-5-17/h2-9H,10-14H2,1H3,(H,23,26). The Morgan fingerprint density at radius 3 is 2.23 bits per heavy atom. The van der Waals surface area contributed by atoms with Crippen molar-refractivity contribution in [3.8, 4) is 0 Å². The van der Waals surface area contributed by atoms with Crippen LogP contribution in [-0.2, 0) is 22.4 Å². The van der Waals surface area contributed by atoms with Gasteiger partial charge in [-0.1, -0.05) is 35.9 Å². The third kappa shape index (κ3) is 6.84. The lowest BCUT2D eigenvalue weighted by molar-refractivity contribution is -0.129. The van der Waals surface area contributed by atoms with Crippen LogP contribution in [0.25, 0.3) is 0 Å². The van der Waals surface area contributed by atoms with Gasteiger partial charge in [0, 0.05) is 31.6 Å². The molecule has 0 unspecified atom stereocenters. The maximum absolute atomic E-state index is 12.9. The highest BCUT2D eigenvalue weighted by atomic mass is 35.5. The van der Waals surface area contributed by atoms with Gasteiger partial charge in [0.25, 0.3) is 0 Å². The molecule has 2 amide bonds. The second-order valence-corrected chi connectivity index (χ2v) is 6.47. The van der Waals surface area contributed by atoms with E-state index in [0.717, 1.165) is 17.5 Å². The number of nitrogens with one attached hydrogen (secondary N) is 1. The lowest BCUT2D eigenvalue weighted by atomic mass is 10.1. The minimum atomic E-state index is -0.327. The zero-order valence-electron chi connectivity index (χ0n) is 14.7. The Kier molecular flexibility index (Phi) is 7.60. The molecule has 0 saturated carbocycles. The number of rotatable bonds is 8. The van der Waals surface area contributed by atoms with Crippen LogP contribution in [0, 0.1) is 5.82 Å². The summed E-state index contributed by atoms with van der Waals surface area (Å²) < 4.78 is 12.9. The first-order chi connectivity index (χ1) is 12.4. The molecule has 1 N–H and O–H groups in total. The Morgan fingerprint density at radius 1 is 1.00 bits per heavy atom. The van der Waals surface area contributed by atoms with Gasteiger partial charge in [-0.2, -0.15) is 0 Å². The molecule has 2 aromatic carbocycles. The van der Waals surface area contributed by atoms with Crippen molar-refractivity contribution in [3.63, 3.8) is 0 Å². The first-order valence-corrected chi connectivity index (χ1v) is 8.83. The summed E-state index contributed by atoms with van der Waals surface area (Å²) in [6, 6.07) is 13.4. The quantitative estimate of drug-likeness (QED) is 0.769. The molecule has 0 aliphatic rings. The van der Waals surface area contributed by atoms with E-state index in [1.165, 1.54) is 19.1 Å². The number of benzene rings is 2. The van der Waals surface area contributed by atoms with Gasteiger partial charge in [0.2, 0.25) is 11.8 Å². The fourth-order valence-corrected chi connectivity index (χ4v) is 2.65. The van der Waals surface area contributed by atoms with Gasteiger partial charge in [-0.15, -0.1) is 0 Å². The van der Waals surface area contributed by atoms with Crippen molar-refractivity contribution in [1.29, 1.82) is 0 Å². The van der Waals surface area contributed by atoms with Crippen molar-refractivity contribution in [2.24, 2.45) is 0 Å². The van der Waals surface area contributed by atoms with Crippen LogP contribution < -0.4 is 5.32 Å². The van der Waals surface area contributed by atoms with Crippen LogP contribution in [0.5, 0.6) is 0 Å². The molecule has 0 aliphatic carbocycles. The Labute approximate surface area is 158 Å². The fraction of sp³-hybridized carbons (Fsp3) is 0.300. The number of hydrogen-bond acceptors (Lipinski definition) is 2. The number of carbonyl (C=O) groups is 2. The molecule has 0 radical (unpaired) electrons. The monoisotopic (exact) mass is 376 g/mol. The lowest BCUT2D eigenvalue weighted by Gasteiger charge is -2.21. The first kappa shape index (κ1) is 19.9. The van der Waals surface area contributed by atoms with E-state index >= 15 is 0 Å². The van der Waals surface area contributed by atoms with Crippen LogP contribution in [-0.4, -0.2) is 36.3 Å². The minimum absolute atomic E-state index is 0.0354. The first-order valence-electron chi connectivity index (χ1n) is 8.45. The molecule has 6 heteroatoms. The average molecular weight is 377 g/mol. The SMILES string of the molecule is CC(=O)N(CCNC(=O)Cc1ccc(F)cc1)CCc1ccc(Cl)cc1. The Hall–Kier alpha value is -2.40. The van der Waals surface area contributed by atoms with Gasteiger partial charge >= 0.3 is 0 Å². The molecular formula is C20H22ClFN2O2. The highest BCUT2D eigenvalue weighted by Crippen LogP contribution is 2.10. The fourth-order valence-electron chi connectivity index (χ4n) is 2.52. The predicted octanol–water partition coefficient (Wildman–Crippen LogP) is 3.23. The third-order valence-corrected chi connectivity index (χ3v) is 4.26. The molecule has 2 rings (SSSR count). The molecule has 0 aromatic heterocycles. The summed E-state index contributed by atoms with van der Waals surface area (Å²) in [6.45, 7) is 2.91. The predicted molar refractivity (Wildman–Crippen MR) is 101 cm³/mol. The van der Waals surface area contributed by atoms with Crippen molar-refractivity contribution in [2.75, 3.05) is 19.6 Å². The van der Waals surface area contributed by atoms with Crippen molar-refractivity contribution in [3.05, 3.63) is 70.5 Å². The summed E-state index contributed by atoms with van der Waals surface area (Å²) >= 11 is 5.87. The Bertz CT molecular complexity index is 732. The summed E-state index contributed by atoms with van der Waals surface area (Å²) in [7, 11) is 0. The van der Waals surface area contributed by atoms with Crippen molar-refractivity contribution >= 4 is 23.4 Å². The molecule has 0 fully saturated rings. The molecule has 2 aromatic rings. The number of hydrogen-bond donors (Lipinski definition) is 1. The smallest absolute Gasteiger partial charge is 0.224 e. The van der Waals surface area contributed by atoms with Gasteiger partial charge in [-0.3, -0.25) is 9.59 Å². The average Bonchev–Trinajstić information content (AvgIpc) is 2.61. The highest BCUT2D eigenvalue weighted by molar-refractivity contribution is 6.30. The molecular weight excluding hydrogens is 355 g/mol.